The minimum Gasteiger partial charge on any atom is -0.497 e. The molecule has 0 bridgehead atoms. The van der Waals surface area contributed by atoms with Crippen LogP contribution in [-0.4, -0.2) is 42.4 Å². The Bertz CT molecular complexity index is 1450. The average Bonchev–Trinajstić information content (AvgIpc) is 3.45. The molecule has 33 heavy (non-hydrogen) atoms. The number of carbonyl (C=O) groups excluding carboxylic acids is 1. The number of pyridine rings is 2. The molecule has 164 valence electrons. The molecule has 4 aromatic heterocycles. The van der Waals surface area contributed by atoms with Gasteiger partial charge in [-0.3, -0.25) is 4.79 Å². The van der Waals surface area contributed by atoms with Crippen LogP contribution in [0.3, 0.4) is 0 Å². The van der Waals surface area contributed by atoms with E-state index >= 15 is 0 Å². The van der Waals surface area contributed by atoms with E-state index in [1.165, 1.54) is 6.33 Å². The Labute approximate surface area is 189 Å². The second-order valence-corrected chi connectivity index (χ2v) is 7.51. The Morgan fingerprint density at radius 2 is 1.97 bits per heavy atom. The number of aromatic nitrogens is 6. The van der Waals surface area contributed by atoms with E-state index in [1.807, 2.05) is 67.7 Å². The summed E-state index contributed by atoms with van der Waals surface area (Å²) in [7, 11) is 1.59. The predicted molar refractivity (Wildman–Crippen MR) is 123 cm³/mol. The molecular formula is C24H21N7O2. The molecule has 9 nitrogen and oxygen atoms in total. The molecule has 0 radical (unpaired) electrons. The number of ether oxygens (including phenoxy) is 1. The maximum Gasteiger partial charge on any atom is 0.230 e. The first-order chi connectivity index (χ1) is 16.1. The van der Waals surface area contributed by atoms with Crippen molar-refractivity contribution < 1.29 is 9.53 Å². The third-order valence-electron chi connectivity index (χ3n) is 5.12. The Morgan fingerprint density at radius 1 is 1.09 bits per heavy atom. The lowest BCUT2D eigenvalue weighted by Gasteiger charge is -2.07. The van der Waals surface area contributed by atoms with E-state index in [0.717, 1.165) is 22.6 Å². The zero-order valence-corrected chi connectivity index (χ0v) is 18.1. The van der Waals surface area contributed by atoms with Crippen LogP contribution in [0.2, 0.25) is 0 Å². The van der Waals surface area contributed by atoms with Gasteiger partial charge in [-0.05, 0) is 49.4 Å². The van der Waals surface area contributed by atoms with Gasteiger partial charge in [0.25, 0.3) is 0 Å². The highest BCUT2D eigenvalue weighted by Gasteiger charge is 2.16. The van der Waals surface area contributed by atoms with Crippen molar-refractivity contribution in [2.75, 3.05) is 12.4 Å². The summed E-state index contributed by atoms with van der Waals surface area (Å²) in [6.45, 7) is 1.93. The largest absolute Gasteiger partial charge is 0.497 e. The van der Waals surface area contributed by atoms with E-state index in [2.05, 4.69) is 20.4 Å². The number of methoxy groups -OCH3 is 1. The van der Waals surface area contributed by atoms with Crippen molar-refractivity contribution >= 4 is 17.2 Å². The summed E-state index contributed by atoms with van der Waals surface area (Å²) < 4.78 is 8.67. The lowest BCUT2D eigenvalue weighted by Crippen LogP contribution is -2.15. The second-order valence-electron chi connectivity index (χ2n) is 7.51. The maximum atomic E-state index is 12.7. The van der Waals surface area contributed by atoms with Crippen LogP contribution < -0.4 is 10.1 Å². The lowest BCUT2D eigenvalue weighted by molar-refractivity contribution is -0.115. The minimum absolute atomic E-state index is 0.106. The zero-order valence-electron chi connectivity index (χ0n) is 18.1. The van der Waals surface area contributed by atoms with Gasteiger partial charge in [-0.2, -0.15) is 10.2 Å². The fourth-order valence-electron chi connectivity index (χ4n) is 3.58. The topological polar surface area (TPSA) is 99.2 Å². The predicted octanol–water partition coefficient (Wildman–Crippen LogP) is 3.48. The standard InChI is InChI=1S/C24H21N7O2/c1-16-5-3-8-23(27-16)31-21(17-9-10-22-25-15-26-30(22)14-17)12-19(29-31)13-24(32)28-18-6-4-7-20(11-18)33-2/h3-12,14-15H,13H2,1-2H3,(H,28,32). The number of rotatable bonds is 6. The van der Waals surface area contributed by atoms with E-state index in [-0.39, 0.29) is 12.3 Å². The van der Waals surface area contributed by atoms with Crippen molar-refractivity contribution in [2.24, 2.45) is 0 Å². The molecule has 0 aliphatic rings. The van der Waals surface area contributed by atoms with Crippen LogP contribution >= 0.6 is 0 Å². The molecule has 0 saturated carbocycles. The highest BCUT2D eigenvalue weighted by Crippen LogP contribution is 2.24. The average molecular weight is 439 g/mol. The normalized spacial score (nSPS) is 11.0. The first-order valence-electron chi connectivity index (χ1n) is 10.4. The smallest absolute Gasteiger partial charge is 0.230 e. The molecule has 0 aliphatic heterocycles. The second kappa shape index (κ2) is 8.54. The number of amides is 1. The Morgan fingerprint density at radius 3 is 2.82 bits per heavy atom. The van der Waals surface area contributed by atoms with Crippen LogP contribution in [0.4, 0.5) is 5.69 Å². The van der Waals surface area contributed by atoms with Gasteiger partial charge in [-0.25, -0.2) is 19.2 Å². The summed E-state index contributed by atoms with van der Waals surface area (Å²) in [4.78, 5) is 21.5. The van der Waals surface area contributed by atoms with E-state index in [1.54, 1.807) is 22.4 Å². The van der Waals surface area contributed by atoms with Crippen molar-refractivity contribution in [2.45, 2.75) is 13.3 Å². The molecular weight excluding hydrogens is 418 g/mol. The van der Waals surface area contributed by atoms with Crippen LogP contribution in [-0.2, 0) is 11.2 Å². The summed E-state index contributed by atoms with van der Waals surface area (Å²) >= 11 is 0. The fraction of sp³-hybridized carbons (Fsp3) is 0.125. The first kappa shape index (κ1) is 20.4. The van der Waals surface area contributed by atoms with E-state index in [9.17, 15) is 4.79 Å². The monoisotopic (exact) mass is 439 g/mol. The molecule has 4 heterocycles. The highest BCUT2D eigenvalue weighted by molar-refractivity contribution is 5.92. The van der Waals surface area contributed by atoms with Gasteiger partial charge in [0.2, 0.25) is 5.91 Å². The summed E-state index contributed by atoms with van der Waals surface area (Å²) in [5.74, 6) is 1.17. The number of nitrogens with one attached hydrogen (secondary N) is 1. The van der Waals surface area contributed by atoms with Crippen molar-refractivity contribution in [3.63, 3.8) is 0 Å². The number of nitrogens with zero attached hydrogens (tertiary/aromatic N) is 6. The summed E-state index contributed by atoms with van der Waals surface area (Å²) in [5.41, 5.74) is 4.58. The van der Waals surface area contributed by atoms with Gasteiger partial charge in [-0.1, -0.05) is 12.1 Å². The number of hydrogen-bond acceptors (Lipinski definition) is 6. The van der Waals surface area contributed by atoms with E-state index in [4.69, 9.17) is 9.84 Å². The molecule has 0 spiro atoms. The Balaban J connectivity index is 1.49. The van der Waals surface area contributed by atoms with E-state index < -0.39 is 0 Å². The van der Waals surface area contributed by atoms with Gasteiger partial charge in [0.1, 0.15) is 12.1 Å². The van der Waals surface area contributed by atoms with Gasteiger partial charge < -0.3 is 10.1 Å². The molecule has 0 unspecified atom stereocenters. The lowest BCUT2D eigenvalue weighted by atomic mass is 10.1. The van der Waals surface area contributed by atoms with Crippen LogP contribution in [0.5, 0.6) is 5.75 Å². The van der Waals surface area contributed by atoms with Gasteiger partial charge in [0.05, 0.1) is 24.9 Å². The SMILES string of the molecule is COc1cccc(NC(=O)Cc2cc(-c3ccc4ncnn4c3)n(-c3cccc(C)n3)n2)c1. The van der Waals surface area contributed by atoms with Crippen LogP contribution in [0.25, 0.3) is 22.7 Å². The van der Waals surface area contributed by atoms with Crippen LogP contribution in [0.15, 0.2) is 73.2 Å². The van der Waals surface area contributed by atoms with Crippen molar-refractivity contribution in [3.05, 3.63) is 84.6 Å². The molecule has 5 aromatic rings. The van der Waals surface area contributed by atoms with Crippen molar-refractivity contribution in [1.29, 1.82) is 0 Å². The zero-order chi connectivity index (χ0) is 22.8. The number of hydrogen-bond donors (Lipinski definition) is 1. The van der Waals surface area contributed by atoms with Gasteiger partial charge >= 0.3 is 0 Å². The molecule has 5 rings (SSSR count). The minimum atomic E-state index is -0.177. The maximum absolute atomic E-state index is 12.7. The van der Waals surface area contributed by atoms with Gasteiger partial charge in [0, 0.05) is 29.2 Å². The molecule has 0 atom stereocenters. The molecule has 0 saturated heterocycles. The number of carbonyl (C=O) groups is 1. The Kier molecular flexibility index (Phi) is 5.27. The van der Waals surface area contributed by atoms with E-state index in [0.29, 0.717) is 22.9 Å². The first-order valence-corrected chi connectivity index (χ1v) is 10.4. The van der Waals surface area contributed by atoms with Gasteiger partial charge in [0.15, 0.2) is 11.5 Å². The molecule has 1 aromatic carbocycles. The third-order valence-corrected chi connectivity index (χ3v) is 5.12. The summed E-state index contributed by atoms with van der Waals surface area (Å²) in [6.07, 6.45) is 3.49. The third kappa shape index (κ3) is 4.29. The summed E-state index contributed by atoms with van der Waals surface area (Å²) in [5, 5.41) is 11.8. The van der Waals surface area contributed by atoms with Crippen LogP contribution in [0.1, 0.15) is 11.4 Å². The quantitative estimate of drug-likeness (QED) is 0.435. The fourth-order valence-corrected chi connectivity index (χ4v) is 3.58. The molecule has 0 fully saturated rings. The molecule has 0 aliphatic carbocycles. The molecule has 1 N–H and O–H groups in total. The van der Waals surface area contributed by atoms with Gasteiger partial charge in [-0.15, -0.1) is 0 Å². The number of anilines is 1. The number of fused-ring (bicyclic) bond motifs is 1. The summed E-state index contributed by atoms with van der Waals surface area (Å²) in [6, 6.07) is 18.7. The Hall–Kier alpha value is -4.53. The molecule has 9 heteroatoms. The number of benzene rings is 1. The van der Waals surface area contributed by atoms with Crippen molar-refractivity contribution in [1.82, 2.24) is 29.4 Å². The molecule has 1 amide bonds. The highest BCUT2D eigenvalue weighted by atomic mass is 16.5. The van der Waals surface area contributed by atoms with Crippen LogP contribution in [0, 0.1) is 6.92 Å². The number of aryl methyl sites for hydroxylation is 1. The van der Waals surface area contributed by atoms with Crippen molar-refractivity contribution in [3.8, 4) is 22.8 Å².